The van der Waals surface area contributed by atoms with Crippen molar-refractivity contribution in [1.82, 2.24) is 0 Å². The largest absolute Gasteiger partial charge is 0.454 e. The van der Waals surface area contributed by atoms with Crippen molar-refractivity contribution < 1.29 is 14.3 Å². The van der Waals surface area contributed by atoms with E-state index >= 15 is 0 Å². The van der Waals surface area contributed by atoms with Crippen LogP contribution in [-0.4, -0.2) is 12.3 Å². The van der Waals surface area contributed by atoms with E-state index in [0.717, 1.165) is 28.5 Å². The van der Waals surface area contributed by atoms with Crippen molar-refractivity contribution in [2.24, 2.45) is 5.92 Å². The van der Waals surface area contributed by atoms with Crippen LogP contribution >= 0.6 is 0 Å². The lowest BCUT2D eigenvalue weighted by Gasteiger charge is -2.25. The maximum Gasteiger partial charge on any atom is 0.339 e. The van der Waals surface area contributed by atoms with Gasteiger partial charge in [-0.2, -0.15) is 0 Å². The minimum atomic E-state index is -0.515. The summed E-state index contributed by atoms with van der Waals surface area (Å²) in [6.45, 7) is 1.93. The molecule has 0 unspecified atom stereocenters. The van der Waals surface area contributed by atoms with Gasteiger partial charge in [0, 0.05) is 18.3 Å². The van der Waals surface area contributed by atoms with Crippen LogP contribution in [0.4, 0.5) is 0 Å². The standard InChI is InChI=1S/C31H28O3/c1-23(21-22-32)30(26-17-9-4-10-18-26)34-31(33)28-20-12-11-19-27(28)29(24-13-5-2-6-14-24)25-15-7-3-8-16-25/h2-20,22-23,29-30H,21H2,1H3/t23-,30-/m1/s1. The average molecular weight is 449 g/mol. The van der Waals surface area contributed by atoms with Crippen molar-refractivity contribution >= 4 is 12.3 Å². The van der Waals surface area contributed by atoms with E-state index in [4.69, 9.17) is 4.74 Å². The highest BCUT2D eigenvalue weighted by Gasteiger charge is 2.27. The van der Waals surface area contributed by atoms with Gasteiger partial charge in [0.1, 0.15) is 12.4 Å². The van der Waals surface area contributed by atoms with Crippen LogP contribution in [0.15, 0.2) is 115 Å². The minimum absolute atomic E-state index is 0.117. The topological polar surface area (TPSA) is 43.4 Å². The summed E-state index contributed by atoms with van der Waals surface area (Å²) >= 11 is 0. The molecule has 0 aliphatic carbocycles. The summed E-state index contributed by atoms with van der Waals surface area (Å²) in [5.41, 5.74) is 4.50. The number of aldehydes is 1. The summed E-state index contributed by atoms with van der Waals surface area (Å²) in [5, 5.41) is 0. The molecule has 2 atom stereocenters. The summed E-state index contributed by atoms with van der Waals surface area (Å²) in [6, 6.07) is 37.6. The molecule has 0 amide bonds. The van der Waals surface area contributed by atoms with Crippen LogP contribution in [-0.2, 0) is 9.53 Å². The van der Waals surface area contributed by atoms with E-state index in [2.05, 4.69) is 24.3 Å². The van der Waals surface area contributed by atoms with Crippen LogP contribution in [0.3, 0.4) is 0 Å². The van der Waals surface area contributed by atoms with Crippen LogP contribution < -0.4 is 0 Å². The van der Waals surface area contributed by atoms with Crippen molar-refractivity contribution in [2.45, 2.75) is 25.4 Å². The molecule has 0 spiro atoms. The van der Waals surface area contributed by atoms with E-state index in [1.807, 2.05) is 97.9 Å². The van der Waals surface area contributed by atoms with E-state index in [0.29, 0.717) is 12.0 Å². The van der Waals surface area contributed by atoms with Gasteiger partial charge < -0.3 is 9.53 Å². The molecule has 0 radical (unpaired) electrons. The second-order valence-electron chi connectivity index (χ2n) is 8.46. The first-order valence-corrected chi connectivity index (χ1v) is 11.6. The zero-order valence-electron chi connectivity index (χ0n) is 19.2. The number of carbonyl (C=O) groups excluding carboxylic acids is 2. The zero-order valence-corrected chi connectivity index (χ0v) is 19.2. The Labute approximate surface area is 201 Å². The van der Waals surface area contributed by atoms with Gasteiger partial charge >= 0.3 is 5.97 Å². The van der Waals surface area contributed by atoms with Crippen molar-refractivity contribution in [3.63, 3.8) is 0 Å². The smallest absolute Gasteiger partial charge is 0.339 e. The molecule has 0 aromatic heterocycles. The Hall–Kier alpha value is -3.98. The van der Waals surface area contributed by atoms with Crippen LogP contribution in [0, 0.1) is 5.92 Å². The summed E-state index contributed by atoms with van der Waals surface area (Å²) in [5.74, 6) is -0.650. The maximum absolute atomic E-state index is 13.6. The Morgan fingerprint density at radius 1 is 0.706 bits per heavy atom. The van der Waals surface area contributed by atoms with Gasteiger partial charge in [-0.05, 0) is 28.3 Å². The third-order valence-corrected chi connectivity index (χ3v) is 6.10. The highest BCUT2D eigenvalue weighted by Crippen LogP contribution is 2.35. The Bertz CT molecular complexity index is 1160. The van der Waals surface area contributed by atoms with Gasteiger partial charge in [-0.1, -0.05) is 116 Å². The number of carbonyl (C=O) groups is 2. The fraction of sp³-hybridized carbons (Fsp3) is 0.161. The molecule has 3 heteroatoms. The molecule has 0 saturated carbocycles. The molecule has 0 aliphatic rings. The van der Waals surface area contributed by atoms with Crippen LogP contribution in [0.2, 0.25) is 0 Å². The number of benzene rings is 4. The van der Waals surface area contributed by atoms with Crippen molar-refractivity contribution in [3.8, 4) is 0 Å². The van der Waals surface area contributed by atoms with E-state index in [-0.39, 0.29) is 17.8 Å². The molecule has 4 rings (SSSR count). The first-order valence-electron chi connectivity index (χ1n) is 11.6. The molecule has 0 fully saturated rings. The first-order chi connectivity index (χ1) is 16.7. The summed E-state index contributed by atoms with van der Waals surface area (Å²) in [6.07, 6.45) is 0.674. The van der Waals surface area contributed by atoms with E-state index in [9.17, 15) is 9.59 Å². The Kier molecular flexibility index (Phi) is 7.67. The van der Waals surface area contributed by atoms with Gasteiger partial charge in [-0.15, -0.1) is 0 Å². The highest BCUT2D eigenvalue weighted by molar-refractivity contribution is 5.92. The predicted molar refractivity (Wildman–Crippen MR) is 135 cm³/mol. The lowest BCUT2D eigenvalue weighted by molar-refractivity contribution is -0.109. The number of ether oxygens (including phenoxy) is 1. The third kappa shape index (κ3) is 5.32. The lowest BCUT2D eigenvalue weighted by atomic mass is 9.83. The molecular formula is C31H28O3. The van der Waals surface area contributed by atoms with Gasteiger partial charge in [0.25, 0.3) is 0 Å². The monoisotopic (exact) mass is 448 g/mol. The van der Waals surface area contributed by atoms with Crippen LogP contribution in [0.1, 0.15) is 58.0 Å². The van der Waals surface area contributed by atoms with Crippen molar-refractivity contribution in [1.29, 1.82) is 0 Å². The first kappa shape index (κ1) is 23.2. The molecule has 0 bridgehead atoms. The Morgan fingerprint density at radius 3 is 1.71 bits per heavy atom. The quantitative estimate of drug-likeness (QED) is 0.157. The molecule has 34 heavy (non-hydrogen) atoms. The number of hydrogen-bond acceptors (Lipinski definition) is 3. The van der Waals surface area contributed by atoms with E-state index in [1.54, 1.807) is 0 Å². The van der Waals surface area contributed by atoms with Crippen LogP contribution in [0.5, 0.6) is 0 Å². The van der Waals surface area contributed by atoms with Gasteiger partial charge in [0.2, 0.25) is 0 Å². The Balaban J connectivity index is 1.74. The molecule has 4 aromatic carbocycles. The second kappa shape index (κ2) is 11.2. The number of rotatable bonds is 9. The molecule has 3 nitrogen and oxygen atoms in total. The van der Waals surface area contributed by atoms with Crippen molar-refractivity contribution in [2.75, 3.05) is 0 Å². The molecule has 0 aliphatic heterocycles. The summed E-state index contributed by atoms with van der Waals surface area (Å²) in [4.78, 5) is 24.8. The lowest BCUT2D eigenvalue weighted by Crippen LogP contribution is -2.20. The van der Waals surface area contributed by atoms with Crippen LogP contribution in [0.25, 0.3) is 0 Å². The Morgan fingerprint density at radius 2 is 1.18 bits per heavy atom. The van der Waals surface area contributed by atoms with Gasteiger partial charge in [-0.3, -0.25) is 0 Å². The highest BCUT2D eigenvalue weighted by atomic mass is 16.5. The molecular weight excluding hydrogens is 420 g/mol. The second-order valence-corrected chi connectivity index (χ2v) is 8.46. The number of esters is 1. The fourth-order valence-corrected chi connectivity index (χ4v) is 4.39. The summed E-state index contributed by atoms with van der Waals surface area (Å²) < 4.78 is 6.10. The molecule has 0 heterocycles. The SMILES string of the molecule is C[C@H](CC=O)[C@@H](OC(=O)c1ccccc1C(c1ccccc1)c1ccccc1)c1ccccc1. The van der Waals surface area contributed by atoms with E-state index < -0.39 is 6.10 Å². The molecule has 0 saturated heterocycles. The normalized spacial score (nSPS) is 12.6. The van der Waals surface area contributed by atoms with Gasteiger partial charge in [0.15, 0.2) is 0 Å². The minimum Gasteiger partial charge on any atom is -0.454 e. The number of hydrogen-bond donors (Lipinski definition) is 0. The zero-order chi connectivity index (χ0) is 23.8. The average Bonchev–Trinajstić information content (AvgIpc) is 2.89. The molecule has 4 aromatic rings. The van der Waals surface area contributed by atoms with Gasteiger partial charge in [0.05, 0.1) is 5.56 Å². The molecule has 0 N–H and O–H groups in total. The third-order valence-electron chi connectivity index (χ3n) is 6.10. The van der Waals surface area contributed by atoms with Crippen molar-refractivity contribution in [3.05, 3.63) is 143 Å². The fourth-order valence-electron chi connectivity index (χ4n) is 4.39. The van der Waals surface area contributed by atoms with Gasteiger partial charge in [-0.25, -0.2) is 4.79 Å². The predicted octanol–water partition coefficient (Wildman–Crippen LogP) is 6.99. The summed E-state index contributed by atoms with van der Waals surface area (Å²) in [7, 11) is 0. The maximum atomic E-state index is 13.6. The molecule has 170 valence electrons. The van der Waals surface area contributed by atoms with E-state index in [1.165, 1.54) is 0 Å².